The lowest BCUT2D eigenvalue weighted by atomic mass is 9.98. The first-order valence-electron chi connectivity index (χ1n) is 8.89. The fourth-order valence-electron chi connectivity index (χ4n) is 3.20. The van der Waals surface area contributed by atoms with Crippen molar-refractivity contribution in [1.29, 1.82) is 0 Å². The molecule has 0 radical (unpaired) electrons. The van der Waals surface area contributed by atoms with Crippen molar-refractivity contribution in [3.05, 3.63) is 53.8 Å². The van der Waals surface area contributed by atoms with Crippen LogP contribution < -0.4 is 10.6 Å². The molecule has 4 rings (SSSR count). The maximum Gasteiger partial charge on any atom is 0.293 e. The number of nitrogens with zero attached hydrogens (tertiary/aromatic N) is 3. The van der Waals surface area contributed by atoms with E-state index < -0.39 is 11.7 Å². The second kappa shape index (κ2) is 8.53. The van der Waals surface area contributed by atoms with E-state index in [-0.39, 0.29) is 18.2 Å². The van der Waals surface area contributed by atoms with Gasteiger partial charge in [0.1, 0.15) is 11.6 Å². The summed E-state index contributed by atoms with van der Waals surface area (Å²) < 4.78 is 21.0. The molecule has 2 N–H and O–H groups in total. The SMILES string of the molecule is Cl.Cn1nc(C2CCNCC2)nc1NC(=O)c1ccc(-c2ccccc2F)o1. The van der Waals surface area contributed by atoms with Gasteiger partial charge in [0.05, 0.1) is 5.56 Å². The van der Waals surface area contributed by atoms with Crippen LogP contribution in [0.1, 0.15) is 35.1 Å². The zero-order valence-corrected chi connectivity index (χ0v) is 16.1. The number of halogens is 2. The molecule has 1 aliphatic rings. The van der Waals surface area contributed by atoms with Crippen molar-refractivity contribution in [2.24, 2.45) is 7.05 Å². The summed E-state index contributed by atoms with van der Waals surface area (Å²) >= 11 is 0. The summed E-state index contributed by atoms with van der Waals surface area (Å²) in [6, 6.07) is 9.35. The molecule has 1 saturated heterocycles. The van der Waals surface area contributed by atoms with E-state index in [0.717, 1.165) is 31.8 Å². The van der Waals surface area contributed by atoms with Crippen molar-refractivity contribution in [2.75, 3.05) is 18.4 Å². The molecule has 28 heavy (non-hydrogen) atoms. The third-order valence-corrected chi connectivity index (χ3v) is 4.68. The van der Waals surface area contributed by atoms with Crippen molar-refractivity contribution in [3.63, 3.8) is 0 Å². The summed E-state index contributed by atoms with van der Waals surface area (Å²) in [6.07, 6.45) is 1.95. The minimum Gasteiger partial charge on any atom is -0.451 e. The number of hydrogen-bond acceptors (Lipinski definition) is 5. The van der Waals surface area contributed by atoms with Crippen LogP contribution in [0.4, 0.5) is 10.3 Å². The average molecular weight is 406 g/mol. The van der Waals surface area contributed by atoms with E-state index in [4.69, 9.17) is 4.42 Å². The van der Waals surface area contributed by atoms with Crippen LogP contribution in [0, 0.1) is 5.82 Å². The Morgan fingerprint density at radius 3 is 2.75 bits per heavy atom. The lowest BCUT2D eigenvalue weighted by molar-refractivity contribution is 0.0996. The molecule has 3 aromatic rings. The molecule has 0 bridgehead atoms. The predicted molar refractivity (Wildman–Crippen MR) is 105 cm³/mol. The Morgan fingerprint density at radius 2 is 2.00 bits per heavy atom. The summed E-state index contributed by atoms with van der Waals surface area (Å²) in [5.74, 6) is 0.910. The molecule has 1 aliphatic heterocycles. The Kier molecular flexibility index (Phi) is 6.11. The number of carbonyl (C=O) groups is 1. The summed E-state index contributed by atoms with van der Waals surface area (Å²) in [4.78, 5) is 17.0. The summed E-state index contributed by atoms with van der Waals surface area (Å²) in [5, 5.41) is 10.4. The second-order valence-corrected chi connectivity index (χ2v) is 6.54. The van der Waals surface area contributed by atoms with E-state index >= 15 is 0 Å². The number of hydrogen-bond donors (Lipinski definition) is 2. The second-order valence-electron chi connectivity index (χ2n) is 6.54. The van der Waals surface area contributed by atoms with Gasteiger partial charge in [0.15, 0.2) is 11.6 Å². The average Bonchev–Trinajstić information content (AvgIpc) is 3.30. The third-order valence-electron chi connectivity index (χ3n) is 4.68. The van der Waals surface area contributed by atoms with Gasteiger partial charge >= 0.3 is 0 Å². The number of rotatable bonds is 4. The number of furan rings is 1. The monoisotopic (exact) mass is 405 g/mol. The number of piperidine rings is 1. The van der Waals surface area contributed by atoms with E-state index in [2.05, 4.69) is 20.7 Å². The molecule has 3 heterocycles. The van der Waals surface area contributed by atoms with Crippen molar-refractivity contribution in [1.82, 2.24) is 20.1 Å². The Labute approximate surface area is 167 Å². The summed E-state index contributed by atoms with van der Waals surface area (Å²) in [6.45, 7) is 1.88. The van der Waals surface area contributed by atoms with Crippen LogP contribution in [0.15, 0.2) is 40.8 Å². The van der Waals surface area contributed by atoms with Crippen molar-refractivity contribution < 1.29 is 13.6 Å². The molecule has 0 saturated carbocycles. The first-order valence-corrected chi connectivity index (χ1v) is 8.89. The van der Waals surface area contributed by atoms with E-state index in [0.29, 0.717) is 23.2 Å². The Bertz CT molecular complexity index is 965. The van der Waals surface area contributed by atoms with Gasteiger partial charge in [0.25, 0.3) is 5.91 Å². The van der Waals surface area contributed by atoms with Gasteiger partial charge in [-0.2, -0.15) is 10.1 Å². The van der Waals surface area contributed by atoms with Crippen LogP contribution in [0.5, 0.6) is 0 Å². The van der Waals surface area contributed by atoms with Crippen LogP contribution in [0.3, 0.4) is 0 Å². The molecule has 0 spiro atoms. The van der Waals surface area contributed by atoms with E-state index in [1.165, 1.54) is 12.1 Å². The first-order chi connectivity index (χ1) is 13.1. The number of anilines is 1. The molecule has 1 fully saturated rings. The van der Waals surface area contributed by atoms with Crippen molar-refractivity contribution >= 4 is 24.3 Å². The third kappa shape index (κ3) is 4.07. The fourth-order valence-corrected chi connectivity index (χ4v) is 3.20. The smallest absolute Gasteiger partial charge is 0.293 e. The molecule has 9 heteroatoms. The minimum atomic E-state index is -0.454. The molecule has 2 aromatic heterocycles. The topological polar surface area (TPSA) is 85.0 Å². The van der Waals surface area contributed by atoms with E-state index in [1.54, 1.807) is 36.0 Å². The predicted octanol–water partition coefficient (Wildman–Crippen LogP) is 3.36. The molecule has 1 amide bonds. The van der Waals surface area contributed by atoms with Gasteiger partial charge in [0.2, 0.25) is 5.95 Å². The van der Waals surface area contributed by atoms with Crippen LogP contribution >= 0.6 is 12.4 Å². The fraction of sp³-hybridized carbons (Fsp3) is 0.316. The quantitative estimate of drug-likeness (QED) is 0.695. The van der Waals surface area contributed by atoms with Crippen molar-refractivity contribution in [2.45, 2.75) is 18.8 Å². The molecule has 0 atom stereocenters. The minimum absolute atomic E-state index is 0. The van der Waals surface area contributed by atoms with Crippen LogP contribution in [-0.4, -0.2) is 33.8 Å². The lowest BCUT2D eigenvalue weighted by Crippen LogP contribution is -2.27. The van der Waals surface area contributed by atoms with Gasteiger partial charge in [0, 0.05) is 13.0 Å². The normalized spacial score (nSPS) is 14.5. The number of aromatic nitrogens is 3. The Hall–Kier alpha value is -2.71. The van der Waals surface area contributed by atoms with Gasteiger partial charge in [-0.3, -0.25) is 10.1 Å². The summed E-state index contributed by atoms with van der Waals surface area (Å²) in [7, 11) is 1.74. The standard InChI is InChI=1S/C19H20FN5O2.ClH/c1-25-19(22-17(24-25)12-8-10-21-11-9-12)23-18(26)16-7-6-15(27-16)13-4-2-3-5-14(13)20;/h2-7,12,21H,8-11H2,1H3,(H,22,23,24,26);1H. The molecule has 7 nitrogen and oxygen atoms in total. The van der Waals surface area contributed by atoms with Gasteiger partial charge in [-0.15, -0.1) is 12.4 Å². The lowest BCUT2D eigenvalue weighted by Gasteiger charge is -2.19. The van der Waals surface area contributed by atoms with E-state index in [9.17, 15) is 9.18 Å². The molecular weight excluding hydrogens is 385 g/mol. The highest BCUT2D eigenvalue weighted by molar-refractivity contribution is 6.01. The van der Waals surface area contributed by atoms with Gasteiger partial charge in [-0.25, -0.2) is 9.07 Å². The maximum atomic E-state index is 13.9. The highest BCUT2D eigenvalue weighted by Crippen LogP contribution is 2.26. The van der Waals surface area contributed by atoms with Crippen LogP contribution in [0.25, 0.3) is 11.3 Å². The summed E-state index contributed by atoms with van der Waals surface area (Å²) in [5.41, 5.74) is 0.309. The first kappa shape index (κ1) is 20.0. The molecule has 1 aromatic carbocycles. The molecule has 148 valence electrons. The highest BCUT2D eigenvalue weighted by atomic mass is 35.5. The zero-order valence-electron chi connectivity index (χ0n) is 15.3. The van der Waals surface area contributed by atoms with Crippen molar-refractivity contribution in [3.8, 4) is 11.3 Å². The highest BCUT2D eigenvalue weighted by Gasteiger charge is 2.22. The number of carbonyl (C=O) groups excluding carboxylic acids is 1. The van der Waals surface area contributed by atoms with Gasteiger partial charge in [-0.1, -0.05) is 12.1 Å². The number of benzene rings is 1. The zero-order chi connectivity index (χ0) is 18.8. The Morgan fingerprint density at radius 1 is 1.25 bits per heavy atom. The van der Waals surface area contributed by atoms with Crippen LogP contribution in [-0.2, 0) is 7.05 Å². The number of aryl methyl sites for hydroxylation is 1. The Balaban J connectivity index is 0.00000225. The van der Waals surface area contributed by atoms with Crippen LogP contribution in [0.2, 0.25) is 0 Å². The van der Waals surface area contributed by atoms with Gasteiger partial charge in [-0.05, 0) is 50.2 Å². The van der Waals surface area contributed by atoms with Gasteiger partial charge < -0.3 is 9.73 Å². The molecular formula is C19H21ClFN5O2. The maximum absolute atomic E-state index is 13.9. The largest absolute Gasteiger partial charge is 0.451 e. The number of nitrogens with one attached hydrogen (secondary N) is 2. The molecule has 0 aliphatic carbocycles. The van der Waals surface area contributed by atoms with E-state index in [1.807, 2.05) is 0 Å². The molecule has 0 unspecified atom stereocenters. The number of amides is 1.